The Morgan fingerprint density at radius 1 is 1.15 bits per heavy atom. The number of ether oxygens (including phenoxy) is 1. The van der Waals surface area contributed by atoms with Gasteiger partial charge in [-0.2, -0.15) is 15.0 Å². The second kappa shape index (κ2) is 8.73. The van der Waals surface area contributed by atoms with E-state index in [0.717, 1.165) is 31.4 Å². The topological polar surface area (TPSA) is 136 Å². The van der Waals surface area contributed by atoms with E-state index < -0.39 is 12.9 Å². The summed E-state index contributed by atoms with van der Waals surface area (Å²) in [5.74, 6) is -0.637. The zero-order valence-corrected chi connectivity index (χ0v) is 18.8. The maximum Gasteiger partial charge on any atom is 0.273 e. The highest BCUT2D eigenvalue weighted by atomic mass is 16.5. The Labute approximate surface area is 200 Å². The Kier molecular flexibility index (Phi) is 4.73. The lowest BCUT2D eigenvalue weighted by atomic mass is 10.1. The zero-order chi connectivity index (χ0) is 26.3. The van der Waals surface area contributed by atoms with Crippen molar-refractivity contribution in [2.24, 2.45) is 5.92 Å². The first-order valence-corrected chi connectivity index (χ1v) is 11.0. The van der Waals surface area contributed by atoms with Crippen molar-refractivity contribution in [3.05, 3.63) is 35.7 Å². The Hall–Kier alpha value is -4.02. The van der Waals surface area contributed by atoms with Crippen LogP contribution in [0.2, 0.25) is 0 Å². The Bertz CT molecular complexity index is 1370. The lowest BCUT2D eigenvalue weighted by Gasteiger charge is -2.16. The molecular formula is C23H26N8O3. The average Bonchev–Trinajstić information content (AvgIpc) is 3.75. The highest BCUT2D eigenvalue weighted by molar-refractivity contribution is 6.00. The van der Waals surface area contributed by atoms with Crippen molar-refractivity contribution in [2.45, 2.75) is 38.6 Å². The third-order valence-electron chi connectivity index (χ3n) is 5.74. The summed E-state index contributed by atoms with van der Waals surface area (Å²) in [4.78, 5) is 26.7. The van der Waals surface area contributed by atoms with Crippen molar-refractivity contribution < 1.29 is 18.4 Å². The number of amides is 2. The minimum Gasteiger partial charge on any atom is -0.494 e. The van der Waals surface area contributed by atoms with Crippen LogP contribution in [0.4, 0.5) is 17.2 Å². The fourth-order valence-electron chi connectivity index (χ4n) is 3.65. The van der Waals surface area contributed by atoms with Crippen molar-refractivity contribution in [2.75, 3.05) is 24.7 Å². The zero-order valence-electron chi connectivity index (χ0n) is 21.8. The predicted octanol–water partition coefficient (Wildman–Crippen LogP) is 2.84. The molecule has 0 aliphatic heterocycles. The molecule has 0 unspecified atom stereocenters. The molecular weight excluding hydrogens is 436 g/mol. The molecule has 0 saturated heterocycles. The molecule has 2 fully saturated rings. The third kappa shape index (κ3) is 4.28. The number of nitrogens with one attached hydrogen (secondary N) is 3. The van der Waals surface area contributed by atoms with Gasteiger partial charge in [-0.3, -0.25) is 9.59 Å². The quantitative estimate of drug-likeness (QED) is 0.462. The molecule has 0 bridgehead atoms. The number of hydrogen-bond donors (Lipinski definition) is 3. The third-order valence-corrected chi connectivity index (χ3v) is 5.74. The van der Waals surface area contributed by atoms with Gasteiger partial charge in [0.05, 0.1) is 30.2 Å². The van der Waals surface area contributed by atoms with Crippen LogP contribution in [0.3, 0.4) is 0 Å². The minimum atomic E-state index is -2.72. The van der Waals surface area contributed by atoms with Crippen molar-refractivity contribution in [1.82, 2.24) is 30.5 Å². The molecule has 11 heteroatoms. The number of anilines is 3. The number of para-hydroxylation sites is 1. The van der Waals surface area contributed by atoms with E-state index in [9.17, 15) is 9.59 Å². The molecule has 0 radical (unpaired) electrons. The number of carbonyl (C=O) groups excluding carboxylic acids is 2. The van der Waals surface area contributed by atoms with Crippen LogP contribution in [-0.4, -0.2) is 51.1 Å². The summed E-state index contributed by atoms with van der Waals surface area (Å²) in [5.41, 5.74) is 2.44. The molecule has 2 aliphatic rings. The molecule has 2 heterocycles. The van der Waals surface area contributed by atoms with Crippen molar-refractivity contribution in [3.8, 4) is 17.0 Å². The smallest absolute Gasteiger partial charge is 0.273 e. The predicted molar refractivity (Wildman–Crippen MR) is 125 cm³/mol. The lowest BCUT2D eigenvalue weighted by molar-refractivity contribution is -0.117. The summed E-state index contributed by atoms with van der Waals surface area (Å²) in [7, 11) is 1.51. The molecule has 3 N–H and O–H groups in total. The first kappa shape index (κ1) is 18.4. The van der Waals surface area contributed by atoms with E-state index in [1.807, 2.05) is 18.3 Å². The van der Waals surface area contributed by atoms with E-state index in [1.165, 1.54) is 13.2 Å². The van der Waals surface area contributed by atoms with Gasteiger partial charge < -0.3 is 20.7 Å². The summed E-state index contributed by atoms with van der Waals surface area (Å²) >= 11 is 0. The van der Waals surface area contributed by atoms with Gasteiger partial charge in [0.2, 0.25) is 5.91 Å². The highest BCUT2D eigenvalue weighted by Gasteiger charge is 2.30. The van der Waals surface area contributed by atoms with Crippen LogP contribution in [0.15, 0.2) is 24.3 Å². The maximum absolute atomic E-state index is 12.7. The SMILES string of the molecule is [2H]C([2H])([2H])NC(=O)c1nnc(NC(=O)C2CC2)cc1Nc1cccc(-c2nn(C3CC3)nc2C)c1OC. The van der Waals surface area contributed by atoms with Crippen molar-refractivity contribution in [1.29, 1.82) is 0 Å². The van der Waals surface area contributed by atoms with E-state index in [0.29, 0.717) is 28.7 Å². The monoisotopic (exact) mass is 465 g/mol. The molecule has 1 aromatic carbocycles. The summed E-state index contributed by atoms with van der Waals surface area (Å²) in [6, 6.07) is 7.13. The van der Waals surface area contributed by atoms with E-state index >= 15 is 0 Å². The molecule has 0 atom stereocenters. The number of nitrogens with zero attached hydrogens (tertiary/aromatic N) is 5. The first-order chi connectivity index (χ1) is 17.6. The van der Waals surface area contributed by atoms with Crippen LogP contribution in [0, 0.1) is 12.8 Å². The largest absolute Gasteiger partial charge is 0.494 e. The molecule has 0 spiro atoms. The minimum absolute atomic E-state index is 0.0687. The average molecular weight is 466 g/mol. The van der Waals surface area contributed by atoms with Gasteiger partial charge in [0.15, 0.2) is 17.3 Å². The second-order valence-corrected chi connectivity index (χ2v) is 8.41. The molecule has 2 amide bonds. The summed E-state index contributed by atoms with van der Waals surface area (Å²) in [6.45, 7) is -0.850. The van der Waals surface area contributed by atoms with E-state index in [1.54, 1.807) is 16.9 Å². The fourth-order valence-corrected chi connectivity index (χ4v) is 3.65. The van der Waals surface area contributed by atoms with Crippen LogP contribution in [0.25, 0.3) is 11.3 Å². The molecule has 176 valence electrons. The molecule has 3 aromatic rings. The number of aryl methyl sites for hydroxylation is 1. The number of hydrogen-bond acceptors (Lipinski definition) is 8. The van der Waals surface area contributed by atoms with Gasteiger partial charge in [-0.05, 0) is 44.7 Å². The van der Waals surface area contributed by atoms with Crippen LogP contribution >= 0.6 is 0 Å². The van der Waals surface area contributed by atoms with Gasteiger partial charge in [0.25, 0.3) is 5.91 Å². The van der Waals surface area contributed by atoms with Crippen LogP contribution in [-0.2, 0) is 4.79 Å². The number of benzene rings is 1. The Balaban J connectivity index is 1.51. The van der Waals surface area contributed by atoms with Gasteiger partial charge in [-0.15, -0.1) is 10.2 Å². The van der Waals surface area contributed by atoms with Gasteiger partial charge in [-0.25, -0.2) is 0 Å². The summed E-state index contributed by atoms with van der Waals surface area (Å²) in [5, 5.41) is 24.7. The van der Waals surface area contributed by atoms with Gasteiger partial charge in [-0.1, -0.05) is 6.07 Å². The Morgan fingerprint density at radius 3 is 2.68 bits per heavy atom. The van der Waals surface area contributed by atoms with E-state index in [2.05, 4.69) is 31.0 Å². The fraction of sp³-hybridized carbons (Fsp3) is 0.391. The Morgan fingerprint density at radius 2 is 1.97 bits per heavy atom. The van der Waals surface area contributed by atoms with Crippen molar-refractivity contribution in [3.63, 3.8) is 0 Å². The first-order valence-electron chi connectivity index (χ1n) is 12.5. The van der Waals surface area contributed by atoms with Crippen molar-refractivity contribution >= 4 is 29.0 Å². The molecule has 2 saturated carbocycles. The highest BCUT2D eigenvalue weighted by Crippen LogP contribution is 2.40. The summed E-state index contributed by atoms with van der Waals surface area (Å²) in [6.07, 6.45) is 3.69. The van der Waals surface area contributed by atoms with Gasteiger partial charge >= 0.3 is 0 Å². The van der Waals surface area contributed by atoms with Crippen LogP contribution < -0.4 is 20.7 Å². The molecule has 2 aliphatic carbocycles. The van der Waals surface area contributed by atoms with Crippen LogP contribution in [0.5, 0.6) is 5.75 Å². The molecule has 2 aromatic heterocycles. The summed E-state index contributed by atoms with van der Waals surface area (Å²) < 4.78 is 27.9. The van der Waals surface area contributed by atoms with E-state index in [4.69, 9.17) is 8.85 Å². The lowest BCUT2D eigenvalue weighted by Crippen LogP contribution is -2.22. The molecule has 34 heavy (non-hydrogen) atoms. The molecule has 5 rings (SSSR count). The normalized spacial score (nSPS) is 16.7. The standard InChI is InChI=1S/C23H26N8O3/c1-12-19(30-31(29-12)14-9-10-14)15-5-4-6-16(21(15)34-3)25-17-11-18(26-22(32)13-7-8-13)27-28-20(17)23(33)24-2/h4-6,11,13-14H,7-10H2,1-3H3,(H,24,33)(H2,25,26,27,32)/i2D3. The number of carbonyl (C=O) groups is 2. The number of aromatic nitrogens is 5. The molecule has 11 nitrogen and oxygen atoms in total. The maximum atomic E-state index is 12.7. The number of methoxy groups -OCH3 is 1. The van der Waals surface area contributed by atoms with Crippen LogP contribution in [0.1, 0.15) is 52.0 Å². The van der Waals surface area contributed by atoms with E-state index in [-0.39, 0.29) is 29.0 Å². The second-order valence-electron chi connectivity index (χ2n) is 8.41. The van der Waals surface area contributed by atoms with Gasteiger partial charge in [0, 0.05) is 28.6 Å². The van der Waals surface area contributed by atoms with Gasteiger partial charge in [0.1, 0.15) is 5.69 Å². The number of rotatable bonds is 8.